The highest BCUT2D eigenvalue weighted by Gasteiger charge is 2.50. The van der Waals surface area contributed by atoms with Crippen LogP contribution < -0.4 is 5.73 Å². The summed E-state index contributed by atoms with van der Waals surface area (Å²) in [5.74, 6) is 2.19. The predicted octanol–water partition coefficient (Wildman–Crippen LogP) is 4.27. The number of fused-ring (bicyclic) bond motifs is 1. The van der Waals surface area contributed by atoms with E-state index >= 15 is 0 Å². The normalized spacial score (nSPS) is 38.7. The van der Waals surface area contributed by atoms with Crippen LogP contribution in [0, 0.1) is 23.2 Å². The Morgan fingerprint density at radius 2 is 1.79 bits per heavy atom. The van der Waals surface area contributed by atoms with Gasteiger partial charge in [0.15, 0.2) is 0 Å². The first-order chi connectivity index (χ1) is 9.12. The molecule has 19 heavy (non-hydrogen) atoms. The zero-order valence-corrected chi connectivity index (χ0v) is 12.8. The molecular weight excluding hydrogens is 234 g/mol. The molecule has 0 saturated heterocycles. The number of nitrogens with two attached hydrogens (primary N) is 1. The summed E-state index contributed by atoms with van der Waals surface area (Å²) in [5.41, 5.74) is 5.71. The summed E-state index contributed by atoms with van der Waals surface area (Å²) in [7, 11) is 0. The highest BCUT2D eigenvalue weighted by Crippen LogP contribution is 2.54. The first kappa shape index (κ1) is 14.9. The molecule has 0 aromatic rings. The lowest BCUT2D eigenvalue weighted by molar-refractivity contribution is -0.139. The van der Waals surface area contributed by atoms with Crippen molar-refractivity contribution >= 4 is 5.91 Å². The molecule has 4 atom stereocenters. The third-order valence-electron chi connectivity index (χ3n) is 5.86. The van der Waals surface area contributed by atoms with Gasteiger partial charge in [0.25, 0.3) is 0 Å². The fourth-order valence-electron chi connectivity index (χ4n) is 4.88. The highest BCUT2D eigenvalue weighted by molar-refractivity contribution is 5.81. The minimum Gasteiger partial charge on any atom is -0.369 e. The SMILES string of the molecule is CCCC1CCC2(C(N)=O)C[C@H](CCC)CC[C@@H]2C1. The molecule has 2 rings (SSSR count). The van der Waals surface area contributed by atoms with Gasteiger partial charge in [0.2, 0.25) is 5.91 Å². The third-order valence-corrected chi connectivity index (χ3v) is 5.86. The van der Waals surface area contributed by atoms with Crippen LogP contribution >= 0.6 is 0 Å². The molecule has 2 unspecified atom stereocenters. The molecule has 0 aromatic heterocycles. The van der Waals surface area contributed by atoms with Crippen LogP contribution in [0.3, 0.4) is 0 Å². The molecule has 2 saturated carbocycles. The lowest BCUT2D eigenvalue weighted by atomic mass is 9.54. The zero-order chi connectivity index (χ0) is 13.9. The maximum Gasteiger partial charge on any atom is 0.223 e. The van der Waals surface area contributed by atoms with E-state index in [4.69, 9.17) is 5.73 Å². The lowest BCUT2D eigenvalue weighted by Crippen LogP contribution is -2.50. The maximum absolute atomic E-state index is 12.1. The number of carbonyl (C=O) groups excluding carboxylic acids is 1. The summed E-state index contributed by atoms with van der Waals surface area (Å²) >= 11 is 0. The Hall–Kier alpha value is -0.530. The molecule has 0 aliphatic heterocycles. The first-order valence-electron chi connectivity index (χ1n) is 8.42. The second kappa shape index (κ2) is 6.28. The average Bonchev–Trinajstić information content (AvgIpc) is 2.39. The van der Waals surface area contributed by atoms with Gasteiger partial charge in [-0.2, -0.15) is 0 Å². The smallest absolute Gasteiger partial charge is 0.223 e. The Balaban J connectivity index is 2.08. The number of amides is 1. The molecule has 110 valence electrons. The van der Waals surface area contributed by atoms with Gasteiger partial charge in [-0.05, 0) is 49.9 Å². The molecule has 2 aliphatic rings. The molecule has 2 aliphatic carbocycles. The number of rotatable bonds is 5. The largest absolute Gasteiger partial charge is 0.369 e. The van der Waals surface area contributed by atoms with Crippen molar-refractivity contribution in [3.63, 3.8) is 0 Å². The molecule has 0 radical (unpaired) electrons. The Bertz CT molecular complexity index is 314. The summed E-state index contributed by atoms with van der Waals surface area (Å²) in [6.07, 6.45) is 12.3. The monoisotopic (exact) mass is 265 g/mol. The highest BCUT2D eigenvalue weighted by atomic mass is 16.1. The van der Waals surface area contributed by atoms with Crippen molar-refractivity contribution in [3.8, 4) is 0 Å². The van der Waals surface area contributed by atoms with Crippen LogP contribution in [-0.2, 0) is 4.79 Å². The Kier molecular flexibility index (Phi) is 4.92. The predicted molar refractivity (Wildman–Crippen MR) is 79.6 cm³/mol. The lowest BCUT2D eigenvalue weighted by Gasteiger charge is -2.50. The summed E-state index contributed by atoms with van der Waals surface area (Å²) in [5, 5.41) is 0. The molecule has 2 heteroatoms. The standard InChI is InChI=1S/C17H31NO/c1-3-5-13-9-10-17(16(18)19)12-14(6-4-2)7-8-15(17)11-13/h13-15H,3-12H2,1-2H3,(H2,18,19)/t13?,14-,15-,17?/m1/s1. The zero-order valence-electron chi connectivity index (χ0n) is 12.8. The van der Waals surface area contributed by atoms with Crippen molar-refractivity contribution in [3.05, 3.63) is 0 Å². The van der Waals surface area contributed by atoms with Crippen molar-refractivity contribution in [1.29, 1.82) is 0 Å². The van der Waals surface area contributed by atoms with E-state index < -0.39 is 0 Å². The third kappa shape index (κ3) is 2.98. The van der Waals surface area contributed by atoms with Crippen LogP contribution in [0.25, 0.3) is 0 Å². The average molecular weight is 265 g/mol. The molecular formula is C17H31NO. The van der Waals surface area contributed by atoms with Gasteiger partial charge in [-0.1, -0.05) is 46.0 Å². The molecule has 0 heterocycles. The van der Waals surface area contributed by atoms with E-state index in [1.54, 1.807) is 0 Å². The summed E-state index contributed by atoms with van der Waals surface area (Å²) < 4.78 is 0. The van der Waals surface area contributed by atoms with Crippen molar-refractivity contribution in [1.82, 2.24) is 0 Å². The summed E-state index contributed by atoms with van der Waals surface area (Å²) in [6.45, 7) is 4.52. The Labute approximate surface area is 118 Å². The van der Waals surface area contributed by atoms with Gasteiger partial charge in [-0.25, -0.2) is 0 Å². The van der Waals surface area contributed by atoms with E-state index in [-0.39, 0.29) is 11.3 Å². The van der Waals surface area contributed by atoms with Crippen LogP contribution in [0.5, 0.6) is 0 Å². The van der Waals surface area contributed by atoms with E-state index in [0.29, 0.717) is 5.92 Å². The van der Waals surface area contributed by atoms with E-state index in [2.05, 4.69) is 13.8 Å². The number of hydrogen-bond donors (Lipinski definition) is 1. The first-order valence-corrected chi connectivity index (χ1v) is 8.42. The van der Waals surface area contributed by atoms with Crippen molar-refractivity contribution in [2.75, 3.05) is 0 Å². The van der Waals surface area contributed by atoms with Crippen molar-refractivity contribution < 1.29 is 4.79 Å². The fraction of sp³-hybridized carbons (Fsp3) is 0.941. The summed E-state index contributed by atoms with van der Waals surface area (Å²) in [4.78, 5) is 12.1. The van der Waals surface area contributed by atoms with E-state index in [0.717, 1.165) is 24.7 Å². The van der Waals surface area contributed by atoms with Crippen LogP contribution in [0.4, 0.5) is 0 Å². The van der Waals surface area contributed by atoms with Gasteiger partial charge in [0, 0.05) is 0 Å². The van der Waals surface area contributed by atoms with Crippen LogP contribution in [-0.4, -0.2) is 5.91 Å². The maximum atomic E-state index is 12.1. The molecule has 2 nitrogen and oxygen atoms in total. The molecule has 2 N–H and O–H groups in total. The van der Waals surface area contributed by atoms with Crippen LogP contribution in [0.15, 0.2) is 0 Å². The molecule has 2 fully saturated rings. The van der Waals surface area contributed by atoms with E-state index in [9.17, 15) is 4.79 Å². The van der Waals surface area contributed by atoms with Crippen molar-refractivity contribution in [2.24, 2.45) is 28.9 Å². The molecule has 0 spiro atoms. The fourth-order valence-corrected chi connectivity index (χ4v) is 4.88. The van der Waals surface area contributed by atoms with Crippen molar-refractivity contribution in [2.45, 2.75) is 78.1 Å². The van der Waals surface area contributed by atoms with Gasteiger partial charge in [0.05, 0.1) is 5.41 Å². The number of carbonyl (C=O) groups is 1. The molecule has 0 bridgehead atoms. The Morgan fingerprint density at radius 3 is 2.42 bits per heavy atom. The summed E-state index contributed by atoms with van der Waals surface area (Å²) in [6, 6.07) is 0. The number of primary amides is 1. The van der Waals surface area contributed by atoms with Gasteiger partial charge in [-0.15, -0.1) is 0 Å². The van der Waals surface area contributed by atoms with Gasteiger partial charge in [0.1, 0.15) is 0 Å². The topological polar surface area (TPSA) is 43.1 Å². The second-order valence-electron chi connectivity index (χ2n) is 7.08. The van der Waals surface area contributed by atoms with Crippen LogP contribution in [0.1, 0.15) is 78.1 Å². The van der Waals surface area contributed by atoms with Gasteiger partial charge in [-0.3, -0.25) is 4.79 Å². The van der Waals surface area contributed by atoms with E-state index in [1.807, 2.05) is 0 Å². The van der Waals surface area contributed by atoms with Gasteiger partial charge < -0.3 is 5.73 Å². The molecule has 0 aromatic carbocycles. The number of hydrogen-bond acceptors (Lipinski definition) is 1. The minimum atomic E-state index is -0.137. The minimum absolute atomic E-state index is 0.00764. The quantitative estimate of drug-likeness (QED) is 0.792. The van der Waals surface area contributed by atoms with Gasteiger partial charge >= 0.3 is 0 Å². The van der Waals surface area contributed by atoms with E-state index in [1.165, 1.54) is 51.4 Å². The Morgan fingerprint density at radius 1 is 1.11 bits per heavy atom. The van der Waals surface area contributed by atoms with Crippen LogP contribution in [0.2, 0.25) is 0 Å². The molecule has 1 amide bonds. The second-order valence-corrected chi connectivity index (χ2v) is 7.08.